The molecule has 0 atom stereocenters. The van der Waals surface area contributed by atoms with E-state index in [1.54, 1.807) is 0 Å². The highest BCUT2D eigenvalue weighted by atomic mass is 14.9. The van der Waals surface area contributed by atoms with E-state index in [4.69, 9.17) is 0 Å². The van der Waals surface area contributed by atoms with Gasteiger partial charge in [-0.2, -0.15) is 0 Å². The molecule has 1 nitrogen and oxygen atoms in total. The molecule has 0 unspecified atom stereocenters. The van der Waals surface area contributed by atoms with Crippen LogP contribution in [0.25, 0.3) is 0 Å². The average Bonchev–Trinajstić information content (AvgIpc) is 2.26. The lowest BCUT2D eigenvalue weighted by Crippen LogP contribution is -2.05. The number of benzene rings is 1. The Morgan fingerprint density at radius 3 is 2.62 bits per heavy atom. The smallest absolute Gasteiger partial charge is 0.0372 e. The van der Waals surface area contributed by atoms with Gasteiger partial charge in [-0.3, -0.25) is 0 Å². The van der Waals surface area contributed by atoms with Crippen molar-refractivity contribution in [3.63, 3.8) is 0 Å². The number of para-hydroxylation sites is 1. The van der Waals surface area contributed by atoms with Gasteiger partial charge < -0.3 is 5.32 Å². The van der Waals surface area contributed by atoms with Gasteiger partial charge in [0.15, 0.2) is 0 Å². The van der Waals surface area contributed by atoms with Crippen molar-refractivity contribution in [2.45, 2.75) is 46.5 Å². The zero-order valence-electron chi connectivity index (χ0n) is 10.9. The number of hydrogen-bond donors (Lipinski definition) is 1. The maximum atomic E-state index is 3.55. The number of nitrogens with one attached hydrogen (secondary N) is 1. The third-order valence-electron chi connectivity index (χ3n) is 2.81. The van der Waals surface area contributed by atoms with Crippen molar-refractivity contribution in [3.8, 4) is 0 Å². The molecule has 90 valence electrons. The van der Waals surface area contributed by atoms with E-state index >= 15 is 0 Å². The molecule has 0 bridgehead atoms. The molecule has 1 aromatic rings. The monoisotopic (exact) mass is 219 g/mol. The molecule has 0 radical (unpaired) electrons. The predicted octanol–water partition coefficient (Wildman–Crippen LogP) is 4.49. The molecule has 16 heavy (non-hydrogen) atoms. The molecule has 0 heterocycles. The Morgan fingerprint density at radius 2 is 1.94 bits per heavy atom. The fourth-order valence-electron chi connectivity index (χ4n) is 1.91. The summed E-state index contributed by atoms with van der Waals surface area (Å²) in [6, 6.07) is 8.67. The van der Waals surface area contributed by atoms with E-state index in [0.29, 0.717) is 0 Å². The molecule has 1 rings (SSSR count). The molecule has 0 amide bonds. The summed E-state index contributed by atoms with van der Waals surface area (Å²) in [7, 11) is 0. The molecular formula is C15H25N. The van der Waals surface area contributed by atoms with Gasteiger partial charge in [0, 0.05) is 12.2 Å². The summed E-state index contributed by atoms with van der Waals surface area (Å²) in [6.07, 6.45) is 4.96. The van der Waals surface area contributed by atoms with E-state index in [0.717, 1.165) is 12.5 Å². The minimum Gasteiger partial charge on any atom is -0.385 e. The van der Waals surface area contributed by atoms with Crippen molar-refractivity contribution in [1.82, 2.24) is 0 Å². The van der Waals surface area contributed by atoms with E-state index in [1.807, 2.05) is 0 Å². The highest BCUT2D eigenvalue weighted by Gasteiger charge is 2.00. The van der Waals surface area contributed by atoms with Crippen molar-refractivity contribution in [2.75, 3.05) is 11.9 Å². The van der Waals surface area contributed by atoms with E-state index in [2.05, 4.69) is 50.4 Å². The van der Waals surface area contributed by atoms with Crippen LogP contribution in [0.15, 0.2) is 24.3 Å². The van der Waals surface area contributed by atoms with Gasteiger partial charge in [-0.25, -0.2) is 0 Å². The van der Waals surface area contributed by atoms with Crippen molar-refractivity contribution >= 4 is 5.69 Å². The van der Waals surface area contributed by atoms with Gasteiger partial charge >= 0.3 is 0 Å². The van der Waals surface area contributed by atoms with Gasteiger partial charge in [0.05, 0.1) is 0 Å². The van der Waals surface area contributed by atoms with Crippen molar-refractivity contribution in [2.24, 2.45) is 5.92 Å². The summed E-state index contributed by atoms with van der Waals surface area (Å²) in [5.41, 5.74) is 2.78. The number of hydrogen-bond acceptors (Lipinski definition) is 1. The van der Waals surface area contributed by atoms with Crippen LogP contribution in [0.2, 0.25) is 0 Å². The normalized spacial score (nSPS) is 10.8. The first-order valence-electron chi connectivity index (χ1n) is 6.55. The van der Waals surface area contributed by atoms with Gasteiger partial charge in [0.2, 0.25) is 0 Å². The average molecular weight is 219 g/mol. The molecule has 0 fully saturated rings. The SMILES string of the molecule is CCCc1ccccc1NCCCC(C)C. The maximum absolute atomic E-state index is 3.55. The Bertz CT molecular complexity index is 291. The number of anilines is 1. The highest BCUT2D eigenvalue weighted by molar-refractivity contribution is 5.51. The lowest BCUT2D eigenvalue weighted by atomic mass is 10.1. The maximum Gasteiger partial charge on any atom is 0.0372 e. The topological polar surface area (TPSA) is 12.0 Å². The fraction of sp³-hybridized carbons (Fsp3) is 0.600. The molecule has 0 aromatic heterocycles. The van der Waals surface area contributed by atoms with Crippen LogP contribution >= 0.6 is 0 Å². The Kier molecular flexibility index (Phi) is 5.99. The third kappa shape index (κ3) is 4.69. The second kappa shape index (κ2) is 7.32. The second-order valence-corrected chi connectivity index (χ2v) is 4.87. The van der Waals surface area contributed by atoms with Crippen LogP contribution in [-0.4, -0.2) is 6.54 Å². The van der Waals surface area contributed by atoms with Gasteiger partial charge in [-0.15, -0.1) is 0 Å². The minimum atomic E-state index is 0.813. The van der Waals surface area contributed by atoms with E-state index in [9.17, 15) is 0 Å². The first-order chi connectivity index (χ1) is 7.74. The fourth-order valence-corrected chi connectivity index (χ4v) is 1.91. The van der Waals surface area contributed by atoms with Crippen LogP contribution in [0.3, 0.4) is 0 Å². The largest absolute Gasteiger partial charge is 0.385 e. The van der Waals surface area contributed by atoms with Gasteiger partial charge in [-0.05, 0) is 36.8 Å². The lowest BCUT2D eigenvalue weighted by molar-refractivity contribution is 0.567. The number of rotatable bonds is 7. The molecule has 0 saturated heterocycles. The van der Waals surface area contributed by atoms with Gasteiger partial charge in [-0.1, -0.05) is 45.4 Å². The summed E-state index contributed by atoms with van der Waals surface area (Å²) < 4.78 is 0. The molecule has 0 spiro atoms. The Balaban J connectivity index is 2.40. The summed E-state index contributed by atoms with van der Waals surface area (Å²) >= 11 is 0. The number of aryl methyl sites for hydroxylation is 1. The first-order valence-corrected chi connectivity index (χ1v) is 6.55. The third-order valence-corrected chi connectivity index (χ3v) is 2.81. The zero-order chi connectivity index (χ0) is 11.8. The summed E-state index contributed by atoms with van der Waals surface area (Å²) in [5, 5.41) is 3.55. The standard InChI is InChI=1S/C15H25N/c1-4-8-14-10-5-6-11-15(14)16-12-7-9-13(2)3/h5-6,10-11,13,16H,4,7-9,12H2,1-3H3. The molecule has 1 aromatic carbocycles. The van der Waals surface area contributed by atoms with Crippen LogP contribution < -0.4 is 5.32 Å². The van der Waals surface area contributed by atoms with Crippen molar-refractivity contribution in [3.05, 3.63) is 29.8 Å². The molecular weight excluding hydrogens is 194 g/mol. The summed E-state index contributed by atoms with van der Waals surface area (Å²) in [5.74, 6) is 0.813. The second-order valence-electron chi connectivity index (χ2n) is 4.87. The van der Waals surface area contributed by atoms with Crippen LogP contribution in [-0.2, 0) is 6.42 Å². The van der Waals surface area contributed by atoms with Crippen LogP contribution in [0, 0.1) is 5.92 Å². The Morgan fingerprint density at radius 1 is 1.19 bits per heavy atom. The van der Waals surface area contributed by atoms with Crippen LogP contribution in [0.5, 0.6) is 0 Å². The highest BCUT2D eigenvalue weighted by Crippen LogP contribution is 2.17. The molecule has 1 N–H and O–H groups in total. The Labute approximate surface area is 100 Å². The van der Waals surface area contributed by atoms with E-state index < -0.39 is 0 Å². The van der Waals surface area contributed by atoms with Gasteiger partial charge in [0.25, 0.3) is 0 Å². The lowest BCUT2D eigenvalue weighted by Gasteiger charge is -2.12. The molecule has 0 saturated carbocycles. The predicted molar refractivity (Wildman–Crippen MR) is 73.0 cm³/mol. The van der Waals surface area contributed by atoms with E-state index in [-0.39, 0.29) is 0 Å². The van der Waals surface area contributed by atoms with Crippen LogP contribution in [0.4, 0.5) is 5.69 Å². The Hall–Kier alpha value is -0.980. The van der Waals surface area contributed by atoms with Crippen molar-refractivity contribution < 1.29 is 0 Å². The van der Waals surface area contributed by atoms with E-state index in [1.165, 1.54) is 36.9 Å². The zero-order valence-corrected chi connectivity index (χ0v) is 10.9. The van der Waals surface area contributed by atoms with Crippen molar-refractivity contribution in [1.29, 1.82) is 0 Å². The molecule has 1 heteroatoms. The summed E-state index contributed by atoms with van der Waals surface area (Å²) in [4.78, 5) is 0. The molecule has 0 aliphatic carbocycles. The van der Waals surface area contributed by atoms with Gasteiger partial charge in [0.1, 0.15) is 0 Å². The molecule has 0 aliphatic heterocycles. The molecule has 0 aliphatic rings. The minimum absolute atomic E-state index is 0.813. The quantitative estimate of drug-likeness (QED) is 0.666. The first kappa shape index (κ1) is 13.1. The van der Waals surface area contributed by atoms with Crippen LogP contribution in [0.1, 0.15) is 45.6 Å². The summed E-state index contributed by atoms with van der Waals surface area (Å²) in [6.45, 7) is 7.89.